The van der Waals surface area contributed by atoms with Gasteiger partial charge in [-0.2, -0.15) is 0 Å². The van der Waals surface area contributed by atoms with Crippen molar-refractivity contribution in [3.63, 3.8) is 0 Å². The van der Waals surface area contributed by atoms with E-state index in [0.29, 0.717) is 6.61 Å². The molecule has 1 unspecified atom stereocenters. The molecule has 2 rings (SSSR count). The molecule has 1 atom stereocenters. The van der Waals surface area contributed by atoms with Gasteiger partial charge in [0, 0.05) is 24.0 Å². The van der Waals surface area contributed by atoms with E-state index >= 15 is 0 Å². The van der Waals surface area contributed by atoms with E-state index in [1.807, 2.05) is 38.1 Å². The van der Waals surface area contributed by atoms with Crippen LogP contribution in [0.4, 0.5) is 0 Å². The Morgan fingerprint density at radius 1 is 1.22 bits per heavy atom. The van der Waals surface area contributed by atoms with Crippen molar-refractivity contribution in [3.05, 3.63) is 59.4 Å². The van der Waals surface area contributed by atoms with Crippen molar-refractivity contribution in [2.75, 3.05) is 0 Å². The number of aromatic nitrogens is 1. The molecule has 0 amide bonds. The summed E-state index contributed by atoms with van der Waals surface area (Å²) in [6.45, 7) is 4.54. The third kappa shape index (κ3) is 3.08. The molecule has 0 aliphatic carbocycles. The summed E-state index contributed by atoms with van der Waals surface area (Å²) in [6, 6.07) is 9.97. The zero-order valence-electron chi connectivity index (χ0n) is 10.8. The van der Waals surface area contributed by atoms with Gasteiger partial charge in [-0.25, -0.2) is 0 Å². The molecule has 0 aliphatic rings. The van der Waals surface area contributed by atoms with Crippen molar-refractivity contribution in [2.24, 2.45) is 5.73 Å². The molecule has 0 saturated carbocycles. The maximum Gasteiger partial charge on any atom is 0.124 e. The summed E-state index contributed by atoms with van der Waals surface area (Å²) in [7, 11) is 0. The maximum absolute atomic E-state index is 5.94. The van der Waals surface area contributed by atoms with Gasteiger partial charge in [0.05, 0.1) is 0 Å². The highest BCUT2D eigenvalue weighted by atomic mass is 16.5. The standard InChI is InChI=1S/C15H18N2O/c1-11-3-4-14(12(2)16)15(9-11)18-10-13-5-7-17-8-6-13/h3-9,12H,10,16H2,1-2H3. The summed E-state index contributed by atoms with van der Waals surface area (Å²) >= 11 is 0. The van der Waals surface area contributed by atoms with Crippen LogP contribution in [0.15, 0.2) is 42.7 Å². The van der Waals surface area contributed by atoms with Gasteiger partial charge in [0.15, 0.2) is 0 Å². The predicted molar refractivity (Wildman–Crippen MR) is 72.4 cm³/mol. The fourth-order valence-electron chi connectivity index (χ4n) is 1.78. The first kappa shape index (κ1) is 12.6. The van der Waals surface area contributed by atoms with E-state index in [-0.39, 0.29) is 6.04 Å². The van der Waals surface area contributed by atoms with Crippen molar-refractivity contribution >= 4 is 0 Å². The Morgan fingerprint density at radius 2 is 1.94 bits per heavy atom. The van der Waals surface area contributed by atoms with E-state index in [4.69, 9.17) is 10.5 Å². The molecule has 18 heavy (non-hydrogen) atoms. The van der Waals surface area contributed by atoms with E-state index < -0.39 is 0 Å². The molecule has 2 N–H and O–H groups in total. The van der Waals surface area contributed by atoms with Crippen molar-refractivity contribution in [1.82, 2.24) is 4.98 Å². The number of nitrogens with zero attached hydrogens (tertiary/aromatic N) is 1. The van der Waals surface area contributed by atoms with Crippen molar-refractivity contribution in [3.8, 4) is 5.75 Å². The van der Waals surface area contributed by atoms with Crippen LogP contribution in [-0.2, 0) is 6.61 Å². The average molecular weight is 242 g/mol. The molecule has 0 spiro atoms. The number of ether oxygens (including phenoxy) is 1. The molecule has 94 valence electrons. The second-order valence-corrected chi connectivity index (χ2v) is 4.47. The van der Waals surface area contributed by atoms with Gasteiger partial charge in [-0.05, 0) is 43.2 Å². The highest BCUT2D eigenvalue weighted by molar-refractivity contribution is 5.39. The number of hydrogen-bond donors (Lipinski definition) is 1. The van der Waals surface area contributed by atoms with E-state index in [9.17, 15) is 0 Å². The molecular weight excluding hydrogens is 224 g/mol. The van der Waals surface area contributed by atoms with Crippen molar-refractivity contribution in [1.29, 1.82) is 0 Å². The summed E-state index contributed by atoms with van der Waals surface area (Å²) in [5.41, 5.74) is 9.25. The average Bonchev–Trinajstić information content (AvgIpc) is 2.37. The predicted octanol–water partition coefficient (Wildman–Crippen LogP) is 2.99. The van der Waals surface area contributed by atoms with Crippen LogP contribution in [0.2, 0.25) is 0 Å². The normalized spacial score (nSPS) is 12.2. The summed E-state index contributed by atoms with van der Waals surface area (Å²) in [5, 5.41) is 0. The number of hydrogen-bond acceptors (Lipinski definition) is 3. The third-order valence-electron chi connectivity index (χ3n) is 2.80. The highest BCUT2D eigenvalue weighted by Gasteiger charge is 2.08. The fraction of sp³-hybridized carbons (Fsp3) is 0.267. The van der Waals surface area contributed by atoms with Gasteiger partial charge in [0.1, 0.15) is 12.4 Å². The summed E-state index contributed by atoms with van der Waals surface area (Å²) in [4.78, 5) is 3.98. The molecule has 1 aromatic carbocycles. The molecule has 1 aromatic heterocycles. The van der Waals surface area contributed by atoms with Crippen LogP contribution in [-0.4, -0.2) is 4.98 Å². The highest BCUT2D eigenvalue weighted by Crippen LogP contribution is 2.25. The quantitative estimate of drug-likeness (QED) is 0.896. The smallest absolute Gasteiger partial charge is 0.124 e. The topological polar surface area (TPSA) is 48.1 Å². The lowest BCUT2D eigenvalue weighted by Crippen LogP contribution is -2.08. The molecule has 0 radical (unpaired) electrons. The first-order valence-electron chi connectivity index (χ1n) is 6.04. The van der Waals surface area contributed by atoms with Gasteiger partial charge in [-0.15, -0.1) is 0 Å². The Labute approximate surface area is 108 Å². The summed E-state index contributed by atoms with van der Waals surface area (Å²) in [6.07, 6.45) is 3.53. The molecule has 1 heterocycles. The van der Waals surface area contributed by atoms with Gasteiger partial charge in [-0.3, -0.25) is 4.98 Å². The van der Waals surface area contributed by atoms with Crippen LogP contribution in [0.3, 0.4) is 0 Å². The van der Waals surface area contributed by atoms with Crippen LogP contribution >= 0.6 is 0 Å². The van der Waals surface area contributed by atoms with Crippen molar-refractivity contribution < 1.29 is 4.74 Å². The zero-order valence-corrected chi connectivity index (χ0v) is 10.8. The third-order valence-corrected chi connectivity index (χ3v) is 2.80. The molecule has 0 aliphatic heterocycles. The minimum Gasteiger partial charge on any atom is -0.489 e. The Morgan fingerprint density at radius 3 is 2.61 bits per heavy atom. The van der Waals surface area contributed by atoms with Crippen molar-refractivity contribution in [2.45, 2.75) is 26.5 Å². The second kappa shape index (κ2) is 5.65. The monoisotopic (exact) mass is 242 g/mol. The first-order chi connectivity index (χ1) is 8.66. The lowest BCUT2D eigenvalue weighted by Gasteiger charge is -2.14. The van der Waals surface area contributed by atoms with Crippen LogP contribution in [0.25, 0.3) is 0 Å². The van der Waals surface area contributed by atoms with Crippen LogP contribution in [0.1, 0.15) is 29.7 Å². The Kier molecular flexibility index (Phi) is 3.95. The SMILES string of the molecule is Cc1ccc(C(C)N)c(OCc2ccncc2)c1. The van der Waals surface area contributed by atoms with Gasteiger partial charge in [0.25, 0.3) is 0 Å². The van der Waals surface area contributed by atoms with Gasteiger partial charge in [0.2, 0.25) is 0 Å². The molecule has 0 bridgehead atoms. The molecular formula is C15H18N2O. The van der Waals surface area contributed by atoms with Gasteiger partial charge >= 0.3 is 0 Å². The summed E-state index contributed by atoms with van der Waals surface area (Å²) in [5.74, 6) is 0.863. The van der Waals surface area contributed by atoms with Crippen LogP contribution in [0.5, 0.6) is 5.75 Å². The number of nitrogens with two attached hydrogens (primary N) is 1. The van der Waals surface area contributed by atoms with Gasteiger partial charge in [-0.1, -0.05) is 12.1 Å². The van der Waals surface area contributed by atoms with Crippen LogP contribution < -0.4 is 10.5 Å². The number of aryl methyl sites for hydroxylation is 1. The minimum absolute atomic E-state index is 0.0296. The Balaban J connectivity index is 2.15. The van der Waals surface area contributed by atoms with Gasteiger partial charge < -0.3 is 10.5 Å². The second-order valence-electron chi connectivity index (χ2n) is 4.47. The van der Waals surface area contributed by atoms with E-state index in [1.54, 1.807) is 12.4 Å². The Bertz CT molecular complexity index is 509. The van der Waals surface area contributed by atoms with Crippen LogP contribution in [0, 0.1) is 6.92 Å². The first-order valence-corrected chi connectivity index (χ1v) is 6.04. The number of rotatable bonds is 4. The largest absolute Gasteiger partial charge is 0.489 e. The fourth-order valence-corrected chi connectivity index (χ4v) is 1.78. The number of benzene rings is 1. The lowest BCUT2D eigenvalue weighted by molar-refractivity contribution is 0.301. The Hall–Kier alpha value is -1.87. The molecule has 0 saturated heterocycles. The maximum atomic E-state index is 5.94. The molecule has 3 heteroatoms. The minimum atomic E-state index is -0.0296. The molecule has 0 fully saturated rings. The summed E-state index contributed by atoms with van der Waals surface area (Å²) < 4.78 is 5.86. The molecule has 2 aromatic rings. The van der Waals surface area contributed by atoms with E-state index in [2.05, 4.69) is 11.1 Å². The molecule has 3 nitrogen and oxygen atoms in total. The number of pyridine rings is 1. The lowest BCUT2D eigenvalue weighted by atomic mass is 10.1. The van der Waals surface area contributed by atoms with E-state index in [0.717, 1.165) is 16.9 Å². The van der Waals surface area contributed by atoms with E-state index in [1.165, 1.54) is 5.56 Å². The zero-order chi connectivity index (χ0) is 13.0.